The van der Waals surface area contributed by atoms with E-state index in [0.29, 0.717) is 10.6 Å². The van der Waals surface area contributed by atoms with Crippen LogP contribution in [0, 0.1) is 0 Å². The quantitative estimate of drug-likeness (QED) is 0.414. The van der Waals surface area contributed by atoms with Gasteiger partial charge in [-0.2, -0.15) is 13.2 Å². The summed E-state index contributed by atoms with van der Waals surface area (Å²) in [7, 11) is 0. The van der Waals surface area contributed by atoms with Crippen molar-refractivity contribution in [3.63, 3.8) is 0 Å². The van der Waals surface area contributed by atoms with Crippen LogP contribution in [0.3, 0.4) is 0 Å². The molecular weight excluding hydrogens is 385 g/mol. The molecule has 0 amide bonds. The highest BCUT2D eigenvalue weighted by Gasteiger charge is 2.33. The molecule has 2 aromatic carbocycles. The van der Waals surface area contributed by atoms with Crippen molar-refractivity contribution in [2.75, 3.05) is 5.32 Å². The number of H-pyrrole nitrogens is 1. The van der Waals surface area contributed by atoms with Crippen molar-refractivity contribution in [2.45, 2.75) is 25.6 Å². The molecule has 0 aliphatic rings. The van der Waals surface area contributed by atoms with Gasteiger partial charge < -0.3 is 10.3 Å². The Morgan fingerprint density at radius 2 is 1.93 bits per heavy atom. The fraction of sp³-hybridized carbons (Fsp3) is 0.200. The molecule has 0 spiro atoms. The summed E-state index contributed by atoms with van der Waals surface area (Å²) >= 11 is 0.998. The lowest BCUT2D eigenvalue weighted by Gasteiger charge is -2.19. The van der Waals surface area contributed by atoms with Gasteiger partial charge in [0.2, 0.25) is 0 Å². The molecule has 0 radical (unpaired) electrons. The normalized spacial score (nSPS) is 13.0. The molecule has 0 fully saturated rings. The lowest BCUT2D eigenvalue weighted by Crippen LogP contribution is -2.09. The first-order valence-corrected chi connectivity index (χ1v) is 9.64. The second-order valence-corrected chi connectivity index (χ2v) is 7.26. The molecule has 0 saturated heterocycles. The third-order valence-corrected chi connectivity index (χ3v) is 5.42. The van der Waals surface area contributed by atoms with Gasteiger partial charge in [-0.3, -0.25) is 0 Å². The van der Waals surface area contributed by atoms with Crippen LogP contribution in [0.1, 0.15) is 30.6 Å². The van der Waals surface area contributed by atoms with E-state index in [-0.39, 0.29) is 6.04 Å². The van der Waals surface area contributed by atoms with Crippen LogP contribution >= 0.6 is 11.3 Å². The maximum atomic E-state index is 12.7. The number of aromatic amines is 1. The van der Waals surface area contributed by atoms with E-state index in [9.17, 15) is 13.2 Å². The standard InChI is InChI=1S/C20H17F3N4S/c1-2-15(26-14-7-8-16-17(9-14)25-11-24-16)12-3-5-13(6-4-12)19-27-18(10-28-19)20(21,22)23/h3-11,15,26H,2H2,1H3,(H,24,25). The summed E-state index contributed by atoms with van der Waals surface area (Å²) in [4.78, 5) is 11.0. The Morgan fingerprint density at radius 3 is 2.61 bits per heavy atom. The molecular formula is C20H17F3N4S. The lowest BCUT2D eigenvalue weighted by atomic mass is 10.0. The number of rotatable bonds is 5. The molecule has 28 heavy (non-hydrogen) atoms. The molecule has 8 heteroatoms. The minimum absolute atomic E-state index is 0.0800. The first kappa shape index (κ1) is 18.5. The number of nitrogens with zero attached hydrogens (tertiary/aromatic N) is 2. The van der Waals surface area contributed by atoms with Crippen LogP contribution in [-0.2, 0) is 6.18 Å². The molecule has 0 saturated carbocycles. The zero-order valence-electron chi connectivity index (χ0n) is 14.9. The second kappa shape index (κ2) is 7.27. The van der Waals surface area contributed by atoms with Crippen molar-refractivity contribution in [3.8, 4) is 10.6 Å². The van der Waals surface area contributed by atoms with E-state index in [2.05, 4.69) is 27.2 Å². The molecule has 4 aromatic rings. The maximum Gasteiger partial charge on any atom is 0.434 e. The van der Waals surface area contributed by atoms with Crippen LogP contribution < -0.4 is 5.32 Å². The van der Waals surface area contributed by atoms with Crippen molar-refractivity contribution >= 4 is 28.1 Å². The number of anilines is 1. The molecule has 0 bridgehead atoms. The Morgan fingerprint density at radius 1 is 1.14 bits per heavy atom. The summed E-state index contributed by atoms with van der Waals surface area (Å²) in [5, 5.41) is 4.91. The van der Waals surface area contributed by atoms with Gasteiger partial charge in [-0.1, -0.05) is 31.2 Å². The average molecular weight is 402 g/mol. The van der Waals surface area contributed by atoms with Crippen LogP contribution in [0.15, 0.2) is 54.2 Å². The zero-order valence-corrected chi connectivity index (χ0v) is 15.7. The number of halogens is 3. The summed E-state index contributed by atoms with van der Waals surface area (Å²) in [6.45, 7) is 2.08. The lowest BCUT2D eigenvalue weighted by molar-refractivity contribution is -0.140. The number of hydrogen-bond donors (Lipinski definition) is 2. The Bertz CT molecular complexity index is 1080. The third kappa shape index (κ3) is 3.73. The second-order valence-electron chi connectivity index (χ2n) is 6.40. The average Bonchev–Trinajstić information content (AvgIpc) is 3.35. The topological polar surface area (TPSA) is 53.6 Å². The van der Waals surface area contributed by atoms with E-state index in [4.69, 9.17) is 0 Å². The van der Waals surface area contributed by atoms with Crippen LogP contribution in [-0.4, -0.2) is 15.0 Å². The van der Waals surface area contributed by atoms with Gasteiger partial charge in [0.1, 0.15) is 5.01 Å². The van der Waals surface area contributed by atoms with Crippen LogP contribution in [0.5, 0.6) is 0 Å². The molecule has 1 atom stereocenters. The van der Waals surface area contributed by atoms with Gasteiger partial charge in [-0.25, -0.2) is 9.97 Å². The van der Waals surface area contributed by atoms with E-state index < -0.39 is 11.9 Å². The van der Waals surface area contributed by atoms with E-state index >= 15 is 0 Å². The van der Waals surface area contributed by atoms with Gasteiger partial charge in [0, 0.05) is 16.6 Å². The van der Waals surface area contributed by atoms with E-state index in [0.717, 1.165) is 45.4 Å². The number of aromatic nitrogens is 3. The minimum atomic E-state index is -4.42. The number of hydrogen-bond acceptors (Lipinski definition) is 4. The summed E-state index contributed by atoms with van der Waals surface area (Å²) in [6.07, 6.45) is -1.90. The number of nitrogens with one attached hydrogen (secondary N) is 2. The van der Waals surface area contributed by atoms with E-state index in [1.165, 1.54) is 0 Å². The van der Waals surface area contributed by atoms with Crippen molar-refractivity contribution in [2.24, 2.45) is 0 Å². The van der Waals surface area contributed by atoms with Crippen LogP contribution in [0.2, 0.25) is 0 Å². The molecule has 0 aliphatic heterocycles. The summed E-state index contributed by atoms with van der Waals surface area (Å²) in [5.41, 5.74) is 3.73. The summed E-state index contributed by atoms with van der Waals surface area (Å²) in [6, 6.07) is 13.5. The van der Waals surface area contributed by atoms with Crippen molar-refractivity contribution < 1.29 is 13.2 Å². The highest BCUT2D eigenvalue weighted by atomic mass is 32.1. The van der Waals surface area contributed by atoms with Crippen molar-refractivity contribution in [1.29, 1.82) is 0 Å². The van der Waals surface area contributed by atoms with Gasteiger partial charge in [-0.15, -0.1) is 11.3 Å². The Kier molecular flexibility index (Phi) is 4.80. The molecule has 2 aromatic heterocycles. The Hall–Kier alpha value is -2.87. The van der Waals surface area contributed by atoms with Crippen LogP contribution in [0.4, 0.5) is 18.9 Å². The first-order valence-electron chi connectivity index (χ1n) is 8.77. The first-order chi connectivity index (χ1) is 13.4. The molecule has 4 nitrogen and oxygen atoms in total. The van der Waals surface area contributed by atoms with Crippen molar-refractivity contribution in [1.82, 2.24) is 15.0 Å². The number of benzene rings is 2. The predicted molar refractivity (Wildman–Crippen MR) is 105 cm³/mol. The van der Waals surface area contributed by atoms with Gasteiger partial charge in [0.25, 0.3) is 0 Å². The van der Waals surface area contributed by atoms with Gasteiger partial charge in [-0.05, 0) is 30.2 Å². The van der Waals surface area contributed by atoms with Gasteiger partial charge in [0.05, 0.1) is 23.4 Å². The maximum absolute atomic E-state index is 12.7. The van der Waals surface area contributed by atoms with E-state index in [1.54, 1.807) is 6.33 Å². The number of alkyl halides is 3. The number of imidazole rings is 1. The summed E-state index contributed by atoms with van der Waals surface area (Å²) in [5.74, 6) is 0. The zero-order chi connectivity index (χ0) is 19.7. The van der Waals surface area contributed by atoms with Gasteiger partial charge in [0.15, 0.2) is 5.69 Å². The predicted octanol–water partition coefficient (Wildman–Crippen LogP) is 6.27. The third-order valence-electron chi connectivity index (χ3n) is 4.52. The summed E-state index contributed by atoms with van der Waals surface area (Å²) < 4.78 is 38.2. The highest BCUT2D eigenvalue weighted by Crippen LogP contribution is 2.34. The Balaban J connectivity index is 1.53. The van der Waals surface area contributed by atoms with Crippen molar-refractivity contribution in [3.05, 3.63) is 65.4 Å². The number of fused-ring (bicyclic) bond motifs is 1. The van der Waals surface area contributed by atoms with Crippen LogP contribution in [0.25, 0.3) is 21.6 Å². The molecule has 2 N–H and O–H groups in total. The monoisotopic (exact) mass is 402 g/mol. The van der Waals surface area contributed by atoms with E-state index in [1.807, 2.05) is 42.5 Å². The van der Waals surface area contributed by atoms with Gasteiger partial charge >= 0.3 is 6.18 Å². The molecule has 4 rings (SSSR count). The highest BCUT2D eigenvalue weighted by molar-refractivity contribution is 7.13. The largest absolute Gasteiger partial charge is 0.434 e. The molecule has 0 aliphatic carbocycles. The molecule has 2 heterocycles. The fourth-order valence-electron chi connectivity index (χ4n) is 3.04. The minimum Gasteiger partial charge on any atom is -0.378 e. The smallest absolute Gasteiger partial charge is 0.378 e. The fourth-order valence-corrected chi connectivity index (χ4v) is 3.88. The number of thiazole rings is 1. The molecule has 144 valence electrons. The Labute approximate surface area is 163 Å². The molecule has 1 unspecified atom stereocenters. The SMILES string of the molecule is CCC(Nc1ccc2nc[nH]c2c1)c1ccc(-c2nc(C(F)(F)F)cs2)cc1.